The fourth-order valence-electron chi connectivity index (χ4n) is 1.20. The number of nitrogens with zero attached hydrogens (tertiary/aromatic N) is 1. The van der Waals surface area contributed by atoms with Gasteiger partial charge in [0, 0.05) is 6.42 Å². The van der Waals surface area contributed by atoms with Gasteiger partial charge in [-0.15, -0.1) is 14.5 Å². The summed E-state index contributed by atoms with van der Waals surface area (Å²) in [7, 11) is 0. The Morgan fingerprint density at radius 2 is 1.22 bits per heavy atom. The van der Waals surface area contributed by atoms with Crippen LogP contribution >= 0.6 is 0 Å². The lowest BCUT2D eigenvalue weighted by atomic mass is 10.3. The van der Waals surface area contributed by atoms with Gasteiger partial charge < -0.3 is 20.8 Å². The summed E-state index contributed by atoms with van der Waals surface area (Å²) >= 11 is 0. The van der Waals surface area contributed by atoms with Crippen LogP contribution in [0.15, 0.2) is 0 Å². The van der Waals surface area contributed by atoms with Gasteiger partial charge in [-0.25, -0.2) is 0 Å². The zero-order chi connectivity index (χ0) is 13.0. The van der Waals surface area contributed by atoms with E-state index in [1.54, 1.807) is 0 Å². The van der Waals surface area contributed by atoms with Crippen molar-refractivity contribution in [3.8, 4) is 0 Å². The first kappa shape index (κ1) is 20.0. The van der Waals surface area contributed by atoms with Crippen LogP contribution in [0.3, 0.4) is 0 Å². The zero-order valence-corrected chi connectivity index (χ0v) is 10.8. The predicted molar refractivity (Wildman–Crippen MR) is 61.1 cm³/mol. The van der Waals surface area contributed by atoms with E-state index in [0.717, 1.165) is 12.8 Å². The normalized spacial score (nSPS) is 11.3. The highest BCUT2D eigenvalue weighted by Gasteiger charge is 2.34. The molecular weight excluding hydrogens is 246 g/mol. The molecule has 0 saturated heterocycles. The van der Waals surface area contributed by atoms with E-state index < -0.39 is 4.97 Å². The molecule has 0 aromatic heterocycles. The number of rotatable bonds is 12. The Morgan fingerprint density at radius 3 is 1.50 bits per heavy atom. The molecule has 0 fully saturated rings. The molecule has 0 aliphatic heterocycles. The SMILES string of the molecule is CCCC[N+](OCCO)(OCCO)OCCO.[OH-]. The molecule has 0 aromatic rings. The molecule has 0 aromatic carbocycles. The van der Waals surface area contributed by atoms with Crippen LogP contribution in [0.4, 0.5) is 0 Å². The third kappa shape index (κ3) is 8.72. The van der Waals surface area contributed by atoms with Gasteiger partial charge in [0.05, 0.1) is 24.8 Å². The van der Waals surface area contributed by atoms with Crippen molar-refractivity contribution in [3.05, 3.63) is 0 Å². The van der Waals surface area contributed by atoms with Crippen LogP contribution in [0.1, 0.15) is 19.8 Å². The van der Waals surface area contributed by atoms with Crippen molar-refractivity contribution in [3.63, 3.8) is 0 Å². The van der Waals surface area contributed by atoms with Gasteiger partial charge in [0.1, 0.15) is 19.8 Å². The van der Waals surface area contributed by atoms with E-state index in [2.05, 4.69) is 0 Å². The van der Waals surface area contributed by atoms with Crippen LogP contribution < -0.4 is 0 Å². The molecule has 0 heterocycles. The maximum Gasteiger partial charge on any atom is 0.178 e. The van der Waals surface area contributed by atoms with E-state index in [-0.39, 0.29) is 45.1 Å². The first-order chi connectivity index (χ1) is 8.24. The highest BCUT2D eigenvalue weighted by atomic mass is 17.2. The molecule has 0 radical (unpaired) electrons. The van der Waals surface area contributed by atoms with Gasteiger partial charge in [-0.1, -0.05) is 13.3 Å². The highest BCUT2D eigenvalue weighted by Crippen LogP contribution is 2.13. The zero-order valence-electron chi connectivity index (χ0n) is 10.8. The van der Waals surface area contributed by atoms with E-state index in [0.29, 0.717) is 6.54 Å². The molecule has 8 heteroatoms. The number of aliphatic hydroxyl groups is 3. The van der Waals surface area contributed by atoms with Crippen molar-refractivity contribution in [2.24, 2.45) is 0 Å². The summed E-state index contributed by atoms with van der Waals surface area (Å²) in [6, 6.07) is 0. The molecule has 112 valence electrons. The van der Waals surface area contributed by atoms with Crippen LogP contribution in [0.2, 0.25) is 0 Å². The van der Waals surface area contributed by atoms with Crippen molar-refractivity contribution >= 4 is 0 Å². The number of aliphatic hydroxyl groups excluding tert-OH is 3. The highest BCUT2D eigenvalue weighted by molar-refractivity contribution is 4.28. The predicted octanol–water partition coefficient (Wildman–Crippen LogP) is -0.802. The van der Waals surface area contributed by atoms with E-state index in [1.165, 1.54) is 0 Å². The molecule has 0 aliphatic rings. The van der Waals surface area contributed by atoms with Crippen LogP contribution in [0.5, 0.6) is 0 Å². The second kappa shape index (κ2) is 13.1. The van der Waals surface area contributed by atoms with Gasteiger partial charge in [0.2, 0.25) is 0 Å². The number of hydrogen-bond acceptors (Lipinski definition) is 7. The summed E-state index contributed by atoms with van der Waals surface area (Å²) in [6.45, 7) is 2.14. The maximum atomic E-state index is 8.76. The van der Waals surface area contributed by atoms with Gasteiger partial charge in [-0.3, -0.25) is 0 Å². The summed E-state index contributed by atoms with van der Waals surface area (Å²) in [4.78, 5) is 15.4. The van der Waals surface area contributed by atoms with E-state index in [1.807, 2.05) is 6.92 Å². The number of quaternary nitrogens is 1. The number of hydroxylamine groups is 3. The minimum absolute atomic E-state index is 0. The minimum Gasteiger partial charge on any atom is -0.870 e. The average molecular weight is 271 g/mol. The molecule has 0 aliphatic carbocycles. The van der Waals surface area contributed by atoms with Crippen LogP contribution in [-0.4, -0.2) is 72.0 Å². The second-order valence-electron chi connectivity index (χ2n) is 3.36. The Bertz CT molecular complexity index is 133. The van der Waals surface area contributed by atoms with Gasteiger partial charge in [0.15, 0.2) is 6.54 Å². The van der Waals surface area contributed by atoms with Crippen molar-refractivity contribution in [1.82, 2.24) is 0 Å². The lowest BCUT2D eigenvalue weighted by Gasteiger charge is -2.28. The average Bonchev–Trinajstić information content (AvgIpc) is 2.37. The molecule has 4 N–H and O–H groups in total. The summed E-state index contributed by atoms with van der Waals surface area (Å²) in [5.41, 5.74) is 0. The van der Waals surface area contributed by atoms with Crippen LogP contribution in [0.25, 0.3) is 0 Å². The second-order valence-corrected chi connectivity index (χ2v) is 3.36. The van der Waals surface area contributed by atoms with E-state index >= 15 is 0 Å². The molecule has 0 spiro atoms. The molecule has 0 bridgehead atoms. The third-order valence-electron chi connectivity index (χ3n) is 1.92. The first-order valence-corrected chi connectivity index (χ1v) is 5.89. The van der Waals surface area contributed by atoms with Crippen molar-refractivity contribution in [2.45, 2.75) is 19.8 Å². The Morgan fingerprint density at radius 1 is 0.833 bits per heavy atom. The van der Waals surface area contributed by atoms with Gasteiger partial charge in [-0.2, -0.15) is 0 Å². The maximum absolute atomic E-state index is 8.76. The summed E-state index contributed by atoms with van der Waals surface area (Å²) in [5, 5.41) is 26.3. The van der Waals surface area contributed by atoms with Gasteiger partial charge in [0.25, 0.3) is 0 Å². The van der Waals surface area contributed by atoms with Gasteiger partial charge >= 0.3 is 0 Å². The van der Waals surface area contributed by atoms with Crippen molar-refractivity contribution in [1.29, 1.82) is 0 Å². The minimum atomic E-state index is -0.560. The summed E-state index contributed by atoms with van der Waals surface area (Å²) in [5.74, 6) is 0. The number of unbranched alkanes of at least 4 members (excludes halogenated alkanes) is 1. The molecule has 0 amide bonds. The largest absolute Gasteiger partial charge is 0.870 e. The van der Waals surface area contributed by atoms with E-state index in [4.69, 9.17) is 29.8 Å². The molecule has 18 heavy (non-hydrogen) atoms. The molecule has 8 nitrogen and oxygen atoms in total. The van der Waals surface area contributed by atoms with Crippen LogP contribution in [-0.2, 0) is 14.5 Å². The smallest absolute Gasteiger partial charge is 0.178 e. The van der Waals surface area contributed by atoms with Gasteiger partial charge in [-0.05, 0) is 0 Å². The van der Waals surface area contributed by atoms with Crippen molar-refractivity contribution < 1.29 is 40.3 Å². The van der Waals surface area contributed by atoms with Crippen LogP contribution in [0, 0.1) is 0 Å². The third-order valence-corrected chi connectivity index (χ3v) is 1.92. The Balaban J connectivity index is 0. The molecule has 0 atom stereocenters. The lowest BCUT2D eigenvalue weighted by Crippen LogP contribution is -2.50. The summed E-state index contributed by atoms with van der Waals surface area (Å²) in [6.07, 6.45) is 1.72. The molecule has 0 rings (SSSR count). The quantitative estimate of drug-likeness (QED) is 0.314. The lowest BCUT2D eigenvalue weighted by molar-refractivity contribution is -1.37. The molecule has 0 saturated carbocycles. The summed E-state index contributed by atoms with van der Waals surface area (Å²) < 4.78 is 0. The first-order valence-electron chi connectivity index (χ1n) is 5.89. The fourth-order valence-corrected chi connectivity index (χ4v) is 1.20. The van der Waals surface area contributed by atoms with E-state index in [9.17, 15) is 0 Å². The monoisotopic (exact) mass is 271 g/mol. The topological polar surface area (TPSA) is 118 Å². The standard InChI is InChI=1S/C10H24NO6.H2O/c1-2-3-4-11(15-8-5-12,16-9-6-13)17-10-7-14;/h12-14H,2-10H2,1H3;1H2/q+1;/p-1. The molecular formula is C10H25NO7. The van der Waals surface area contributed by atoms with Crippen molar-refractivity contribution in [2.75, 3.05) is 46.2 Å². The Kier molecular flexibility index (Phi) is 14.6. The molecule has 0 unspecified atom stereocenters. The Labute approximate surface area is 107 Å². The number of hydrogen-bond donors (Lipinski definition) is 3. The Hall–Kier alpha value is -0.320. The fraction of sp³-hybridized carbons (Fsp3) is 1.00.